The lowest BCUT2D eigenvalue weighted by atomic mass is 10.1. The predicted molar refractivity (Wildman–Crippen MR) is 134 cm³/mol. The van der Waals surface area contributed by atoms with Gasteiger partial charge in [0.15, 0.2) is 0 Å². The fourth-order valence-electron chi connectivity index (χ4n) is 4.01. The molecular weight excluding hydrogens is 464 g/mol. The molecule has 0 bridgehead atoms. The van der Waals surface area contributed by atoms with Crippen LogP contribution in [0.5, 0.6) is 0 Å². The molecule has 1 aliphatic heterocycles. The van der Waals surface area contributed by atoms with Crippen molar-refractivity contribution in [3.63, 3.8) is 0 Å². The third kappa shape index (κ3) is 6.95. The Kier molecular flexibility index (Phi) is 8.25. The Balaban J connectivity index is 1.29. The van der Waals surface area contributed by atoms with Crippen LogP contribution in [0.25, 0.3) is 0 Å². The first-order valence-electron chi connectivity index (χ1n) is 11.6. The first kappa shape index (κ1) is 25.0. The summed E-state index contributed by atoms with van der Waals surface area (Å²) in [4.78, 5) is 18.9. The maximum atomic E-state index is 12.7. The van der Waals surface area contributed by atoms with Crippen LogP contribution < -0.4 is 10.0 Å². The third-order valence-electron chi connectivity index (χ3n) is 6.11. The van der Waals surface area contributed by atoms with Gasteiger partial charge < -0.3 is 10.1 Å². The summed E-state index contributed by atoms with van der Waals surface area (Å²) in [5, 5.41) is 2.77. The number of pyridine rings is 1. The molecule has 0 spiro atoms. The maximum absolute atomic E-state index is 12.7. The van der Waals surface area contributed by atoms with Crippen LogP contribution in [0, 0.1) is 0 Å². The molecule has 8 nitrogen and oxygen atoms in total. The van der Waals surface area contributed by atoms with Gasteiger partial charge in [0.1, 0.15) is 0 Å². The summed E-state index contributed by atoms with van der Waals surface area (Å²) < 4.78 is 33.5. The monoisotopic (exact) mass is 494 g/mol. The largest absolute Gasteiger partial charge is 0.381 e. The summed E-state index contributed by atoms with van der Waals surface area (Å²) in [6.45, 7) is 2.88. The van der Waals surface area contributed by atoms with E-state index in [4.69, 9.17) is 4.74 Å². The van der Waals surface area contributed by atoms with Gasteiger partial charge in [0.2, 0.25) is 10.0 Å². The van der Waals surface area contributed by atoms with E-state index in [9.17, 15) is 13.2 Å². The summed E-state index contributed by atoms with van der Waals surface area (Å²) in [5.41, 5.74) is 2.92. The fourth-order valence-corrected chi connectivity index (χ4v) is 5.03. The van der Waals surface area contributed by atoms with Gasteiger partial charge >= 0.3 is 0 Å². The number of sulfonamides is 1. The molecule has 0 atom stereocenters. The second-order valence-electron chi connectivity index (χ2n) is 8.57. The smallest absolute Gasteiger partial charge is 0.255 e. The zero-order valence-corrected chi connectivity index (χ0v) is 20.5. The van der Waals surface area contributed by atoms with Crippen LogP contribution in [0.3, 0.4) is 0 Å². The van der Waals surface area contributed by atoms with Crippen LogP contribution in [0.1, 0.15) is 34.3 Å². The number of hydrogen-bond donors (Lipinski definition) is 2. The molecule has 2 heterocycles. The molecule has 1 fully saturated rings. The Hall–Kier alpha value is -3.11. The number of likely N-dealkylation sites (tertiary alicyclic amines) is 1. The normalized spacial score (nSPS) is 15.1. The number of piperidine rings is 1. The van der Waals surface area contributed by atoms with Gasteiger partial charge in [-0.3, -0.25) is 14.7 Å². The van der Waals surface area contributed by atoms with Crippen molar-refractivity contribution >= 4 is 21.6 Å². The number of methoxy groups -OCH3 is 1. The Morgan fingerprint density at radius 3 is 2.34 bits per heavy atom. The van der Waals surface area contributed by atoms with Crippen molar-refractivity contribution in [1.29, 1.82) is 0 Å². The molecular formula is C26H30N4O4S. The van der Waals surface area contributed by atoms with Crippen molar-refractivity contribution in [2.75, 3.05) is 25.5 Å². The Morgan fingerprint density at radius 2 is 1.71 bits per heavy atom. The lowest BCUT2D eigenvalue weighted by Crippen LogP contribution is -2.36. The van der Waals surface area contributed by atoms with E-state index in [0.717, 1.165) is 43.6 Å². The number of nitrogens with one attached hydrogen (secondary N) is 2. The number of ether oxygens (including phenoxy) is 1. The van der Waals surface area contributed by atoms with E-state index in [1.165, 1.54) is 0 Å². The van der Waals surface area contributed by atoms with Gasteiger partial charge in [-0.05, 0) is 60.4 Å². The SMILES string of the molecule is COC1CCN(Cc2ccc(S(=O)(=O)NCc3ccc(C(=O)Nc4cccnc4)cc3)cc2)CC1. The third-order valence-corrected chi connectivity index (χ3v) is 7.53. The number of nitrogens with zero attached hydrogens (tertiary/aromatic N) is 2. The molecule has 1 aliphatic rings. The van der Waals surface area contributed by atoms with Crippen LogP contribution in [-0.2, 0) is 27.8 Å². The number of rotatable bonds is 9. The van der Waals surface area contributed by atoms with Crippen LogP contribution in [-0.4, -0.2) is 50.5 Å². The quantitative estimate of drug-likeness (QED) is 0.473. The molecule has 4 rings (SSSR count). The number of carbonyl (C=O) groups excluding carboxylic acids is 1. The first-order valence-corrected chi connectivity index (χ1v) is 13.1. The molecule has 3 aromatic rings. The molecule has 2 N–H and O–H groups in total. The minimum atomic E-state index is -3.65. The average Bonchev–Trinajstić information content (AvgIpc) is 2.89. The van der Waals surface area contributed by atoms with Crippen LogP contribution in [0.2, 0.25) is 0 Å². The number of hydrogen-bond acceptors (Lipinski definition) is 6. The summed E-state index contributed by atoms with van der Waals surface area (Å²) in [6, 6.07) is 17.3. The van der Waals surface area contributed by atoms with Crippen LogP contribution in [0.15, 0.2) is 78.0 Å². The highest BCUT2D eigenvalue weighted by Crippen LogP contribution is 2.18. The van der Waals surface area contributed by atoms with Crippen molar-refractivity contribution in [2.45, 2.75) is 36.9 Å². The molecule has 0 unspecified atom stereocenters. The van der Waals surface area contributed by atoms with Crippen molar-refractivity contribution in [1.82, 2.24) is 14.6 Å². The van der Waals surface area contributed by atoms with E-state index in [1.54, 1.807) is 68.0 Å². The molecule has 184 valence electrons. The molecule has 0 radical (unpaired) electrons. The first-order chi connectivity index (χ1) is 16.9. The second-order valence-corrected chi connectivity index (χ2v) is 10.3. The number of benzene rings is 2. The molecule has 1 saturated heterocycles. The van der Waals surface area contributed by atoms with E-state index in [1.807, 2.05) is 12.1 Å². The Morgan fingerprint density at radius 1 is 1.03 bits per heavy atom. The predicted octanol–water partition coefficient (Wildman–Crippen LogP) is 3.42. The molecule has 1 amide bonds. The molecule has 2 aromatic carbocycles. The molecule has 1 aromatic heterocycles. The van der Waals surface area contributed by atoms with Gasteiger partial charge in [-0.15, -0.1) is 0 Å². The summed E-state index contributed by atoms with van der Waals surface area (Å²) >= 11 is 0. The summed E-state index contributed by atoms with van der Waals surface area (Å²) in [6.07, 6.45) is 5.57. The number of carbonyl (C=O) groups is 1. The van der Waals surface area contributed by atoms with Crippen LogP contribution in [0.4, 0.5) is 5.69 Å². The highest BCUT2D eigenvalue weighted by Gasteiger charge is 2.19. The molecule has 0 saturated carbocycles. The topological polar surface area (TPSA) is 101 Å². The maximum Gasteiger partial charge on any atom is 0.255 e. The standard InChI is InChI=1S/C26H30N4O4S/c1-34-24-12-15-30(16-13-24)19-21-6-10-25(11-7-21)35(32,33)28-17-20-4-8-22(9-5-20)26(31)29-23-3-2-14-27-18-23/h2-11,14,18,24,28H,12-13,15-17,19H2,1H3,(H,29,31). The van der Waals surface area contributed by atoms with E-state index in [2.05, 4.69) is 19.9 Å². The van der Waals surface area contributed by atoms with Gasteiger partial charge in [0.25, 0.3) is 5.91 Å². The van der Waals surface area contributed by atoms with Gasteiger partial charge in [-0.2, -0.15) is 0 Å². The second kappa shape index (κ2) is 11.5. The molecule has 9 heteroatoms. The van der Waals surface area contributed by atoms with Crippen molar-refractivity contribution in [3.05, 3.63) is 89.7 Å². The molecule has 0 aliphatic carbocycles. The number of aromatic nitrogens is 1. The van der Waals surface area contributed by atoms with Crippen molar-refractivity contribution in [2.24, 2.45) is 0 Å². The van der Waals surface area contributed by atoms with Crippen molar-refractivity contribution < 1.29 is 17.9 Å². The zero-order valence-electron chi connectivity index (χ0n) is 19.7. The van der Waals surface area contributed by atoms with Gasteiger partial charge in [0, 0.05) is 45.0 Å². The lowest BCUT2D eigenvalue weighted by molar-refractivity contribution is 0.0388. The van der Waals surface area contributed by atoms with Crippen molar-refractivity contribution in [3.8, 4) is 0 Å². The average molecular weight is 495 g/mol. The van der Waals surface area contributed by atoms with Gasteiger partial charge in [-0.1, -0.05) is 24.3 Å². The van der Waals surface area contributed by atoms with E-state index < -0.39 is 10.0 Å². The van der Waals surface area contributed by atoms with E-state index in [-0.39, 0.29) is 17.3 Å². The molecule has 35 heavy (non-hydrogen) atoms. The zero-order chi connectivity index (χ0) is 24.7. The summed E-state index contributed by atoms with van der Waals surface area (Å²) in [7, 11) is -1.90. The number of amides is 1. The van der Waals surface area contributed by atoms with Gasteiger partial charge in [0.05, 0.1) is 22.9 Å². The summed E-state index contributed by atoms with van der Waals surface area (Å²) in [5.74, 6) is -0.256. The minimum Gasteiger partial charge on any atom is -0.381 e. The highest BCUT2D eigenvalue weighted by atomic mass is 32.2. The Bertz CT molecular complexity index is 1210. The van der Waals surface area contributed by atoms with Gasteiger partial charge in [-0.25, -0.2) is 13.1 Å². The van der Waals surface area contributed by atoms with Crippen LogP contribution >= 0.6 is 0 Å². The van der Waals surface area contributed by atoms with E-state index in [0.29, 0.717) is 17.4 Å². The highest BCUT2D eigenvalue weighted by molar-refractivity contribution is 7.89. The van der Waals surface area contributed by atoms with E-state index >= 15 is 0 Å². The minimum absolute atomic E-state index is 0.128. The Labute approximate surface area is 206 Å². The fraction of sp³-hybridized carbons (Fsp3) is 0.308. The lowest BCUT2D eigenvalue weighted by Gasteiger charge is -2.31. The number of anilines is 1.